The highest BCUT2D eigenvalue weighted by molar-refractivity contribution is 5.80. The average Bonchev–Trinajstić information content (AvgIpc) is 3.34. The molecule has 1 aromatic carbocycles. The van der Waals surface area contributed by atoms with E-state index in [2.05, 4.69) is 50.7 Å². The summed E-state index contributed by atoms with van der Waals surface area (Å²) < 4.78 is 2.03. The first-order valence-electron chi connectivity index (χ1n) is 11.1. The Morgan fingerprint density at radius 3 is 2.62 bits per heavy atom. The molecule has 0 bridgehead atoms. The first-order chi connectivity index (χ1) is 14.2. The quantitative estimate of drug-likeness (QED) is 0.623. The number of likely N-dealkylation sites (tertiary alicyclic amines) is 1. The van der Waals surface area contributed by atoms with Gasteiger partial charge in [-0.1, -0.05) is 49.6 Å². The summed E-state index contributed by atoms with van der Waals surface area (Å²) >= 11 is 0. The lowest BCUT2D eigenvalue weighted by atomic mass is 9.96. The Hall–Kier alpha value is -2.37. The summed E-state index contributed by atoms with van der Waals surface area (Å²) in [5.74, 6) is 3.60. The van der Waals surface area contributed by atoms with Gasteiger partial charge in [0.2, 0.25) is 0 Å². The number of nitrogens with zero attached hydrogens (tertiary/aromatic N) is 5. The molecule has 2 aromatic rings. The van der Waals surface area contributed by atoms with Crippen LogP contribution in [0.1, 0.15) is 55.7 Å². The molecule has 29 heavy (non-hydrogen) atoms. The molecule has 1 aliphatic heterocycles. The molecule has 1 aromatic heterocycles. The van der Waals surface area contributed by atoms with Gasteiger partial charge in [-0.3, -0.25) is 0 Å². The van der Waals surface area contributed by atoms with Gasteiger partial charge in [0, 0.05) is 26.2 Å². The number of nitrogens with one attached hydrogen (secondary N) is 1. The number of aliphatic imine (C=N–C) groups is 1. The van der Waals surface area contributed by atoms with Gasteiger partial charge in [0.1, 0.15) is 12.4 Å². The van der Waals surface area contributed by atoms with Crippen LogP contribution in [0.2, 0.25) is 0 Å². The van der Waals surface area contributed by atoms with Crippen molar-refractivity contribution in [2.45, 2.75) is 64.5 Å². The van der Waals surface area contributed by atoms with E-state index in [0.717, 1.165) is 37.1 Å². The van der Waals surface area contributed by atoms with Gasteiger partial charge in [0.05, 0.1) is 0 Å². The summed E-state index contributed by atoms with van der Waals surface area (Å²) in [6.07, 6.45) is 8.90. The van der Waals surface area contributed by atoms with Gasteiger partial charge >= 0.3 is 0 Å². The molecule has 2 aliphatic rings. The summed E-state index contributed by atoms with van der Waals surface area (Å²) in [4.78, 5) is 7.46. The van der Waals surface area contributed by atoms with Crippen molar-refractivity contribution in [3.05, 3.63) is 47.5 Å². The number of aromatic nitrogens is 3. The maximum Gasteiger partial charge on any atom is 0.194 e. The average molecular weight is 395 g/mol. The molecule has 1 saturated heterocycles. The minimum absolute atomic E-state index is 0.553. The Morgan fingerprint density at radius 2 is 1.90 bits per heavy atom. The summed E-state index contributed by atoms with van der Waals surface area (Å²) in [6.45, 7) is 4.71. The Balaban J connectivity index is 1.44. The highest BCUT2D eigenvalue weighted by Gasteiger charge is 2.27. The van der Waals surface area contributed by atoms with Crippen molar-refractivity contribution in [3.8, 4) is 0 Å². The highest BCUT2D eigenvalue weighted by Crippen LogP contribution is 2.23. The number of hydrogen-bond acceptors (Lipinski definition) is 3. The molecule has 4 rings (SSSR count). The van der Waals surface area contributed by atoms with Crippen LogP contribution in [0.15, 0.2) is 35.3 Å². The van der Waals surface area contributed by atoms with Crippen LogP contribution < -0.4 is 5.32 Å². The smallest absolute Gasteiger partial charge is 0.194 e. The van der Waals surface area contributed by atoms with Crippen molar-refractivity contribution in [2.24, 2.45) is 18.0 Å². The molecule has 1 aliphatic carbocycles. The van der Waals surface area contributed by atoms with Crippen LogP contribution >= 0.6 is 0 Å². The monoisotopic (exact) mass is 394 g/mol. The molecule has 0 spiro atoms. The Kier molecular flexibility index (Phi) is 6.47. The van der Waals surface area contributed by atoms with Crippen LogP contribution in [0.3, 0.4) is 0 Å². The second kappa shape index (κ2) is 9.42. The summed E-state index contributed by atoms with van der Waals surface area (Å²) in [7, 11) is 2.01. The molecular weight excluding hydrogens is 360 g/mol. The summed E-state index contributed by atoms with van der Waals surface area (Å²) in [6, 6.07) is 11.4. The fourth-order valence-corrected chi connectivity index (χ4v) is 4.54. The van der Waals surface area contributed by atoms with Crippen LogP contribution in [-0.4, -0.2) is 44.8 Å². The van der Waals surface area contributed by atoms with E-state index in [1.54, 1.807) is 0 Å². The number of guanidine groups is 1. The Bertz CT molecular complexity index is 806. The topological polar surface area (TPSA) is 58.3 Å². The molecule has 6 nitrogen and oxygen atoms in total. The summed E-state index contributed by atoms with van der Waals surface area (Å²) in [5, 5.41) is 12.3. The van der Waals surface area contributed by atoms with Gasteiger partial charge in [-0.2, -0.15) is 0 Å². The van der Waals surface area contributed by atoms with Crippen LogP contribution in [0, 0.1) is 12.8 Å². The zero-order chi connectivity index (χ0) is 20.1. The van der Waals surface area contributed by atoms with E-state index >= 15 is 0 Å². The largest absolute Gasteiger partial charge is 0.353 e. The molecule has 6 heteroatoms. The second-order valence-electron chi connectivity index (χ2n) is 8.63. The zero-order valence-electron chi connectivity index (χ0n) is 17.8. The van der Waals surface area contributed by atoms with E-state index in [4.69, 9.17) is 4.99 Å². The van der Waals surface area contributed by atoms with E-state index in [9.17, 15) is 0 Å². The molecule has 1 N–H and O–H groups in total. The molecule has 1 atom stereocenters. The van der Waals surface area contributed by atoms with E-state index in [0.29, 0.717) is 18.5 Å². The van der Waals surface area contributed by atoms with Gasteiger partial charge in [-0.15, -0.1) is 10.2 Å². The molecule has 0 radical (unpaired) electrons. The van der Waals surface area contributed by atoms with Crippen molar-refractivity contribution < 1.29 is 0 Å². The lowest BCUT2D eigenvalue weighted by molar-refractivity contribution is 0.384. The van der Waals surface area contributed by atoms with Crippen LogP contribution in [-0.2, 0) is 20.0 Å². The number of aryl methyl sites for hydroxylation is 1. The fourth-order valence-electron chi connectivity index (χ4n) is 4.54. The van der Waals surface area contributed by atoms with Gasteiger partial charge in [-0.05, 0) is 44.1 Å². The molecular formula is C23H34N6. The fraction of sp³-hybridized carbons (Fsp3) is 0.609. The predicted octanol–water partition coefficient (Wildman–Crippen LogP) is 3.47. The Labute approximate surface area is 174 Å². The number of hydrogen-bond donors (Lipinski definition) is 1. The van der Waals surface area contributed by atoms with E-state index in [1.807, 2.05) is 18.5 Å². The van der Waals surface area contributed by atoms with E-state index < -0.39 is 0 Å². The third kappa shape index (κ3) is 5.17. The minimum atomic E-state index is 0.553. The number of benzene rings is 1. The van der Waals surface area contributed by atoms with Crippen molar-refractivity contribution in [1.29, 1.82) is 0 Å². The van der Waals surface area contributed by atoms with E-state index in [1.165, 1.54) is 44.1 Å². The molecule has 2 fully saturated rings. The van der Waals surface area contributed by atoms with Gasteiger partial charge in [0.15, 0.2) is 11.8 Å². The SMILES string of the molecule is Cc1nnc(CN=C(NC2CCCCC2)N2CCC(Cc3ccccc3)C2)n1C. The molecule has 1 unspecified atom stereocenters. The third-order valence-electron chi connectivity index (χ3n) is 6.44. The first-order valence-corrected chi connectivity index (χ1v) is 11.1. The zero-order valence-corrected chi connectivity index (χ0v) is 17.8. The van der Waals surface area contributed by atoms with E-state index in [-0.39, 0.29) is 0 Å². The molecule has 1 saturated carbocycles. The standard InChI is InChI=1S/C23H34N6/c1-18-26-27-22(28(18)2)16-24-23(25-21-11-7-4-8-12-21)29-14-13-20(17-29)15-19-9-5-3-6-10-19/h3,5-6,9-10,20-21H,4,7-8,11-17H2,1-2H3,(H,24,25). The minimum Gasteiger partial charge on any atom is -0.353 e. The van der Waals surface area contributed by atoms with Gasteiger partial charge in [-0.25, -0.2) is 4.99 Å². The lowest BCUT2D eigenvalue weighted by Crippen LogP contribution is -2.46. The Morgan fingerprint density at radius 1 is 1.10 bits per heavy atom. The molecule has 156 valence electrons. The lowest BCUT2D eigenvalue weighted by Gasteiger charge is -2.29. The maximum atomic E-state index is 4.99. The van der Waals surface area contributed by atoms with Crippen LogP contribution in [0.5, 0.6) is 0 Å². The first kappa shape index (κ1) is 19.9. The van der Waals surface area contributed by atoms with Gasteiger partial charge in [0.25, 0.3) is 0 Å². The highest BCUT2D eigenvalue weighted by atomic mass is 15.3. The van der Waals surface area contributed by atoms with Gasteiger partial charge < -0.3 is 14.8 Å². The summed E-state index contributed by atoms with van der Waals surface area (Å²) in [5.41, 5.74) is 1.44. The molecule has 2 heterocycles. The maximum absolute atomic E-state index is 4.99. The predicted molar refractivity (Wildman–Crippen MR) is 117 cm³/mol. The number of rotatable bonds is 5. The normalized spacial score (nSPS) is 21.0. The van der Waals surface area contributed by atoms with Crippen LogP contribution in [0.25, 0.3) is 0 Å². The second-order valence-corrected chi connectivity index (χ2v) is 8.63. The van der Waals surface area contributed by atoms with Crippen LogP contribution in [0.4, 0.5) is 0 Å². The molecule has 0 amide bonds. The van der Waals surface area contributed by atoms with Crippen molar-refractivity contribution >= 4 is 5.96 Å². The van der Waals surface area contributed by atoms with Crippen molar-refractivity contribution in [3.63, 3.8) is 0 Å². The van der Waals surface area contributed by atoms with Crippen molar-refractivity contribution in [1.82, 2.24) is 25.0 Å². The third-order valence-corrected chi connectivity index (χ3v) is 6.44. The van der Waals surface area contributed by atoms with Crippen molar-refractivity contribution in [2.75, 3.05) is 13.1 Å².